The molecule has 0 bridgehead atoms. The molecule has 1 atom stereocenters. The summed E-state index contributed by atoms with van der Waals surface area (Å²) in [6, 6.07) is 10.6. The monoisotopic (exact) mass is 404 g/mol. The molecular formula is C17H15Cl3O3S. The molecule has 1 N–H and O–H groups in total. The smallest absolute Gasteiger partial charge is 0.192 e. The van der Waals surface area contributed by atoms with Crippen molar-refractivity contribution in [2.24, 2.45) is 0 Å². The quantitative estimate of drug-likeness (QED) is 0.697. The van der Waals surface area contributed by atoms with Gasteiger partial charge in [0.1, 0.15) is 4.75 Å². The molecule has 0 aliphatic carbocycles. The minimum Gasteiger partial charge on any atom is -0.394 e. The van der Waals surface area contributed by atoms with E-state index < -0.39 is 21.2 Å². The maximum atomic E-state index is 13.3. The molecule has 0 fully saturated rings. The van der Waals surface area contributed by atoms with E-state index in [-0.39, 0.29) is 21.4 Å². The third-order valence-electron chi connectivity index (χ3n) is 3.82. The lowest BCUT2D eigenvalue weighted by Gasteiger charge is -2.31. The highest BCUT2D eigenvalue weighted by Gasteiger charge is 2.46. The van der Waals surface area contributed by atoms with Gasteiger partial charge in [0.15, 0.2) is 9.84 Å². The zero-order valence-electron chi connectivity index (χ0n) is 12.5. The second kappa shape index (κ2) is 7.46. The number of aliphatic hydroxyl groups excluding tert-OH is 1. The van der Waals surface area contributed by atoms with Gasteiger partial charge < -0.3 is 5.11 Å². The number of aliphatic hydroxyl groups is 1. The summed E-state index contributed by atoms with van der Waals surface area (Å²) in [5, 5.41) is 10.6. The van der Waals surface area contributed by atoms with Crippen LogP contribution in [0.15, 0.2) is 60.0 Å². The van der Waals surface area contributed by atoms with E-state index in [1.165, 1.54) is 36.4 Å². The molecular weight excluding hydrogens is 391 g/mol. The van der Waals surface area contributed by atoms with E-state index in [9.17, 15) is 13.5 Å². The summed E-state index contributed by atoms with van der Waals surface area (Å²) in [4.78, 5) is -0.0614. The van der Waals surface area contributed by atoms with Gasteiger partial charge in [0.2, 0.25) is 0 Å². The molecule has 3 nitrogen and oxygen atoms in total. The van der Waals surface area contributed by atoms with E-state index in [4.69, 9.17) is 34.8 Å². The SMILES string of the molecule is C=CCC(CO)(c1ccc(Cl)c(Cl)c1)S(=O)(=O)c1ccccc1Cl. The van der Waals surface area contributed by atoms with Crippen LogP contribution in [0.4, 0.5) is 0 Å². The normalized spacial score (nSPS) is 14.2. The van der Waals surface area contributed by atoms with E-state index in [0.29, 0.717) is 10.6 Å². The Morgan fingerprint density at radius 3 is 2.25 bits per heavy atom. The molecule has 128 valence electrons. The summed E-state index contributed by atoms with van der Waals surface area (Å²) in [6.07, 6.45) is 1.42. The number of halogens is 3. The molecule has 2 rings (SSSR count). The van der Waals surface area contributed by atoms with Gasteiger partial charge in [-0.2, -0.15) is 0 Å². The van der Waals surface area contributed by atoms with Crippen LogP contribution in [0.3, 0.4) is 0 Å². The van der Waals surface area contributed by atoms with Crippen LogP contribution in [0.5, 0.6) is 0 Å². The topological polar surface area (TPSA) is 54.4 Å². The first-order chi connectivity index (χ1) is 11.3. The van der Waals surface area contributed by atoms with Gasteiger partial charge in [-0.25, -0.2) is 8.42 Å². The molecule has 24 heavy (non-hydrogen) atoms. The van der Waals surface area contributed by atoms with Gasteiger partial charge in [0, 0.05) is 0 Å². The summed E-state index contributed by atoms with van der Waals surface area (Å²) in [7, 11) is -4.04. The molecule has 0 saturated heterocycles. The van der Waals surface area contributed by atoms with Crippen molar-refractivity contribution in [3.05, 3.63) is 75.8 Å². The van der Waals surface area contributed by atoms with E-state index in [2.05, 4.69) is 6.58 Å². The largest absolute Gasteiger partial charge is 0.394 e. The van der Waals surface area contributed by atoms with Gasteiger partial charge >= 0.3 is 0 Å². The molecule has 2 aromatic rings. The standard InChI is InChI=1S/C17H15Cl3O3S/c1-2-9-17(11-21,12-7-8-13(18)15(20)10-12)24(22,23)16-6-4-3-5-14(16)19/h2-8,10,21H,1,9,11H2. The molecule has 2 aromatic carbocycles. The van der Waals surface area contributed by atoms with Crippen molar-refractivity contribution in [3.8, 4) is 0 Å². The van der Waals surface area contributed by atoms with Crippen LogP contribution in [0.25, 0.3) is 0 Å². The number of rotatable bonds is 6. The average molecular weight is 406 g/mol. The third-order valence-corrected chi connectivity index (χ3v) is 7.49. The van der Waals surface area contributed by atoms with Gasteiger partial charge in [-0.05, 0) is 36.2 Å². The van der Waals surface area contributed by atoms with E-state index in [1.54, 1.807) is 12.1 Å². The van der Waals surface area contributed by atoms with Crippen molar-refractivity contribution in [3.63, 3.8) is 0 Å². The second-order valence-electron chi connectivity index (χ2n) is 5.21. The lowest BCUT2D eigenvalue weighted by atomic mass is 9.95. The third kappa shape index (κ3) is 3.22. The zero-order chi connectivity index (χ0) is 18.0. The summed E-state index contributed by atoms with van der Waals surface area (Å²) in [6.45, 7) is 2.96. The molecule has 0 saturated carbocycles. The number of hydrogen-bond acceptors (Lipinski definition) is 3. The van der Waals surface area contributed by atoms with Gasteiger partial charge in [-0.15, -0.1) is 6.58 Å². The van der Waals surface area contributed by atoms with Gasteiger partial charge in [0.05, 0.1) is 26.6 Å². The lowest BCUT2D eigenvalue weighted by molar-refractivity contribution is 0.241. The molecule has 0 heterocycles. The van der Waals surface area contributed by atoms with Gasteiger partial charge in [-0.1, -0.05) is 59.1 Å². The Hall–Kier alpha value is -1.04. The Labute approximate surface area is 156 Å². The Bertz CT molecular complexity index is 865. The first-order valence-corrected chi connectivity index (χ1v) is 9.58. The van der Waals surface area contributed by atoms with Crippen molar-refractivity contribution in [2.45, 2.75) is 16.1 Å². The summed E-state index contributed by atoms with van der Waals surface area (Å²) < 4.78 is 25.0. The fourth-order valence-electron chi connectivity index (χ4n) is 2.51. The predicted molar refractivity (Wildman–Crippen MR) is 98.7 cm³/mol. The van der Waals surface area contributed by atoms with Crippen LogP contribution in [0.1, 0.15) is 12.0 Å². The Morgan fingerprint density at radius 2 is 1.71 bits per heavy atom. The molecule has 0 aliphatic rings. The first-order valence-electron chi connectivity index (χ1n) is 6.96. The highest BCUT2D eigenvalue weighted by atomic mass is 35.5. The van der Waals surface area contributed by atoms with Gasteiger partial charge in [0.25, 0.3) is 0 Å². The fourth-order valence-corrected chi connectivity index (χ4v) is 5.20. The average Bonchev–Trinajstić information content (AvgIpc) is 2.55. The number of benzene rings is 2. The Morgan fingerprint density at radius 1 is 1.04 bits per heavy atom. The lowest BCUT2D eigenvalue weighted by Crippen LogP contribution is -2.39. The minimum absolute atomic E-state index is 0.0188. The van der Waals surface area contributed by atoms with E-state index in [1.807, 2.05) is 0 Å². The van der Waals surface area contributed by atoms with E-state index in [0.717, 1.165) is 0 Å². The van der Waals surface area contributed by atoms with Crippen LogP contribution in [0.2, 0.25) is 15.1 Å². The van der Waals surface area contributed by atoms with Crippen molar-refractivity contribution >= 4 is 44.6 Å². The minimum atomic E-state index is -4.04. The summed E-state index contributed by atoms with van der Waals surface area (Å²) in [5.74, 6) is 0. The fraction of sp³-hybridized carbons (Fsp3) is 0.176. The zero-order valence-corrected chi connectivity index (χ0v) is 15.6. The number of hydrogen-bond donors (Lipinski definition) is 1. The van der Waals surface area contributed by atoms with Crippen molar-refractivity contribution in [1.29, 1.82) is 0 Å². The molecule has 7 heteroatoms. The summed E-state index contributed by atoms with van der Waals surface area (Å²) >= 11 is 18.0. The first kappa shape index (κ1) is 19.3. The molecule has 0 amide bonds. The van der Waals surface area contributed by atoms with Crippen molar-refractivity contribution in [1.82, 2.24) is 0 Å². The maximum Gasteiger partial charge on any atom is 0.192 e. The molecule has 1 unspecified atom stereocenters. The second-order valence-corrected chi connectivity index (χ2v) is 8.66. The maximum absolute atomic E-state index is 13.3. The van der Waals surface area contributed by atoms with Gasteiger partial charge in [-0.3, -0.25) is 0 Å². The highest BCUT2D eigenvalue weighted by molar-refractivity contribution is 7.92. The summed E-state index contributed by atoms with van der Waals surface area (Å²) in [5.41, 5.74) is 0.319. The van der Waals surface area contributed by atoms with Crippen LogP contribution < -0.4 is 0 Å². The Balaban J connectivity index is 2.78. The van der Waals surface area contributed by atoms with Crippen LogP contribution in [-0.4, -0.2) is 20.1 Å². The van der Waals surface area contributed by atoms with Crippen LogP contribution >= 0.6 is 34.8 Å². The van der Waals surface area contributed by atoms with Crippen LogP contribution in [0, 0.1) is 0 Å². The molecule has 0 aromatic heterocycles. The highest BCUT2D eigenvalue weighted by Crippen LogP contribution is 2.42. The van der Waals surface area contributed by atoms with E-state index >= 15 is 0 Å². The van der Waals surface area contributed by atoms with Crippen LogP contribution in [-0.2, 0) is 14.6 Å². The molecule has 0 spiro atoms. The van der Waals surface area contributed by atoms with Crippen molar-refractivity contribution < 1.29 is 13.5 Å². The van der Waals surface area contributed by atoms with Crippen molar-refractivity contribution in [2.75, 3.05) is 6.61 Å². The number of allylic oxidation sites excluding steroid dienone is 1. The predicted octanol–water partition coefficient (Wildman–Crippen LogP) is 4.88. The Kier molecular flexibility index (Phi) is 6.00. The number of sulfone groups is 1. The molecule has 0 radical (unpaired) electrons. The molecule has 0 aliphatic heterocycles.